The summed E-state index contributed by atoms with van der Waals surface area (Å²) in [5, 5.41) is 7.95. The van der Waals surface area contributed by atoms with Crippen molar-refractivity contribution in [3.8, 4) is 0 Å². The first-order valence-corrected chi connectivity index (χ1v) is 12.6. The van der Waals surface area contributed by atoms with Crippen LogP contribution in [0.5, 0.6) is 0 Å². The molecule has 29 heavy (non-hydrogen) atoms. The lowest BCUT2D eigenvalue weighted by atomic mass is 9.95. The molecular formula is C22H39N5OS. The van der Waals surface area contributed by atoms with E-state index in [2.05, 4.69) is 33.7 Å². The van der Waals surface area contributed by atoms with Gasteiger partial charge in [0.2, 0.25) is 5.89 Å². The van der Waals surface area contributed by atoms with Crippen LogP contribution in [-0.4, -0.2) is 59.6 Å². The van der Waals surface area contributed by atoms with Crippen molar-refractivity contribution in [1.29, 1.82) is 0 Å². The Morgan fingerprint density at radius 2 is 2.03 bits per heavy atom. The summed E-state index contributed by atoms with van der Waals surface area (Å²) in [7, 11) is 0. The van der Waals surface area contributed by atoms with Crippen molar-refractivity contribution in [3.05, 3.63) is 17.3 Å². The largest absolute Gasteiger partial charge is 0.444 e. The summed E-state index contributed by atoms with van der Waals surface area (Å²) in [5.74, 6) is 3.47. The summed E-state index contributed by atoms with van der Waals surface area (Å²) in [6, 6.07) is 0.563. The van der Waals surface area contributed by atoms with Crippen LogP contribution >= 0.6 is 11.8 Å². The lowest BCUT2D eigenvalue weighted by molar-refractivity contribution is 0.166. The fourth-order valence-electron chi connectivity index (χ4n) is 4.35. The molecule has 0 bridgehead atoms. The van der Waals surface area contributed by atoms with Gasteiger partial charge in [0.1, 0.15) is 5.76 Å². The maximum absolute atomic E-state index is 5.74. The van der Waals surface area contributed by atoms with Crippen molar-refractivity contribution >= 4 is 17.7 Å². The van der Waals surface area contributed by atoms with Gasteiger partial charge in [-0.1, -0.05) is 6.42 Å². The zero-order valence-corrected chi connectivity index (χ0v) is 19.5. The summed E-state index contributed by atoms with van der Waals surface area (Å²) in [6.45, 7) is 11.0. The zero-order valence-electron chi connectivity index (χ0n) is 18.7. The normalized spacial score (nSPS) is 24.6. The molecule has 2 unspecified atom stereocenters. The van der Waals surface area contributed by atoms with E-state index in [1.54, 1.807) is 0 Å². The number of aliphatic imine (C=N–C) groups is 1. The van der Waals surface area contributed by atoms with Crippen LogP contribution in [-0.2, 0) is 6.54 Å². The minimum absolute atomic E-state index is 0.563. The van der Waals surface area contributed by atoms with Crippen molar-refractivity contribution < 1.29 is 4.42 Å². The summed E-state index contributed by atoms with van der Waals surface area (Å²) < 4.78 is 5.74. The van der Waals surface area contributed by atoms with Crippen LogP contribution in [0.4, 0.5) is 0 Å². The van der Waals surface area contributed by atoms with Gasteiger partial charge in [-0.2, -0.15) is 11.8 Å². The maximum atomic E-state index is 5.74. The molecule has 2 heterocycles. The monoisotopic (exact) mass is 421 g/mol. The van der Waals surface area contributed by atoms with Crippen molar-refractivity contribution in [2.75, 3.05) is 32.4 Å². The van der Waals surface area contributed by atoms with Crippen LogP contribution in [0.25, 0.3) is 0 Å². The average molecular weight is 422 g/mol. The number of hydrogen-bond donors (Lipinski definition) is 2. The van der Waals surface area contributed by atoms with Gasteiger partial charge < -0.3 is 15.1 Å². The predicted octanol–water partition coefficient (Wildman–Crippen LogP) is 3.73. The average Bonchev–Trinajstić information content (AvgIpc) is 3.04. The van der Waals surface area contributed by atoms with E-state index in [4.69, 9.17) is 9.41 Å². The van der Waals surface area contributed by atoms with E-state index in [1.807, 2.05) is 25.6 Å². The Kier molecular flexibility index (Phi) is 8.72. The van der Waals surface area contributed by atoms with Gasteiger partial charge >= 0.3 is 0 Å². The first kappa shape index (κ1) is 22.5. The van der Waals surface area contributed by atoms with E-state index in [9.17, 15) is 0 Å². The lowest BCUT2D eigenvalue weighted by Gasteiger charge is -2.31. The van der Waals surface area contributed by atoms with E-state index in [1.165, 1.54) is 38.5 Å². The highest BCUT2D eigenvalue weighted by molar-refractivity contribution is 7.99. The Hall–Kier alpha value is -1.21. The van der Waals surface area contributed by atoms with Gasteiger partial charge in [0, 0.05) is 24.4 Å². The van der Waals surface area contributed by atoms with Crippen LogP contribution in [0.15, 0.2) is 9.41 Å². The van der Waals surface area contributed by atoms with Gasteiger partial charge in [0.15, 0.2) is 5.96 Å². The second-order valence-corrected chi connectivity index (χ2v) is 9.69. The molecule has 1 aliphatic carbocycles. The van der Waals surface area contributed by atoms with Crippen LogP contribution in [0, 0.1) is 19.8 Å². The molecule has 0 spiro atoms. The molecule has 1 saturated heterocycles. The van der Waals surface area contributed by atoms with Gasteiger partial charge in [0.25, 0.3) is 0 Å². The molecule has 0 radical (unpaired) electrons. The van der Waals surface area contributed by atoms with E-state index in [0.29, 0.717) is 12.0 Å². The molecule has 2 fully saturated rings. The first-order valence-electron chi connectivity index (χ1n) is 11.3. The molecular weight excluding hydrogens is 382 g/mol. The van der Waals surface area contributed by atoms with E-state index >= 15 is 0 Å². The van der Waals surface area contributed by atoms with Gasteiger partial charge in [0.05, 0.1) is 12.2 Å². The Balaban J connectivity index is 1.44. The number of aromatic nitrogens is 1. The molecule has 1 aromatic rings. The maximum Gasteiger partial charge on any atom is 0.208 e. The van der Waals surface area contributed by atoms with Crippen molar-refractivity contribution in [2.45, 2.75) is 77.1 Å². The van der Waals surface area contributed by atoms with Crippen LogP contribution < -0.4 is 10.6 Å². The molecule has 7 heteroatoms. The second kappa shape index (κ2) is 11.3. The van der Waals surface area contributed by atoms with E-state index < -0.39 is 0 Å². The number of thioether (sulfide) groups is 1. The molecule has 1 saturated carbocycles. The van der Waals surface area contributed by atoms with Gasteiger partial charge in [-0.3, -0.25) is 9.89 Å². The SMILES string of the molecule is CCNC(=NCC1CCN(Cc2nc(C)c(C)o2)CC1)NC1CCCC(SC)C1. The Morgan fingerprint density at radius 1 is 1.24 bits per heavy atom. The number of aryl methyl sites for hydroxylation is 2. The quantitative estimate of drug-likeness (QED) is 0.517. The number of guanidine groups is 1. The standard InChI is InChI=1S/C22H39N5OS/c1-5-23-22(26-19-7-6-8-20(13-19)29-4)24-14-18-9-11-27(12-10-18)15-21-25-16(2)17(3)28-21/h18-20H,5-15H2,1-4H3,(H2,23,24,26). The van der Waals surface area contributed by atoms with Crippen molar-refractivity contribution in [2.24, 2.45) is 10.9 Å². The molecule has 3 rings (SSSR count). The number of rotatable bonds is 7. The number of nitrogens with one attached hydrogen (secondary N) is 2. The molecule has 164 valence electrons. The smallest absolute Gasteiger partial charge is 0.208 e. The Labute approximate surface area is 180 Å². The number of hydrogen-bond acceptors (Lipinski definition) is 5. The van der Waals surface area contributed by atoms with Crippen molar-refractivity contribution in [1.82, 2.24) is 20.5 Å². The Morgan fingerprint density at radius 3 is 2.69 bits per heavy atom. The topological polar surface area (TPSA) is 65.7 Å². The molecule has 1 aromatic heterocycles. The fraction of sp³-hybridized carbons (Fsp3) is 0.818. The third-order valence-corrected chi connectivity index (χ3v) is 7.39. The summed E-state index contributed by atoms with van der Waals surface area (Å²) in [6.07, 6.45) is 9.83. The van der Waals surface area contributed by atoms with Gasteiger partial charge in [-0.05, 0) is 78.1 Å². The summed E-state index contributed by atoms with van der Waals surface area (Å²) >= 11 is 2.01. The molecule has 2 N–H and O–H groups in total. The highest BCUT2D eigenvalue weighted by Gasteiger charge is 2.23. The highest BCUT2D eigenvalue weighted by Crippen LogP contribution is 2.27. The molecule has 6 nitrogen and oxygen atoms in total. The third-order valence-electron chi connectivity index (χ3n) is 6.29. The summed E-state index contributed by atoms with van der Waals surface area (Å²) in [5.41, 5.74) is 1.01. The minimum atomic E-state index is 0.563. The zero-order chi connectivity index (χ0) is 20.6. The number of likely N-dealkylation sites (tertiary alicyclic amines) is 1. The Bertz CT molecular complexity index is 634. The van der Waals surface area contributed by atoms with Crippen LogP contribution in [0.1, 0.15) is 62.8 Å². The minimum Gasteiger partial charge on any atom is -0.444 e. The highest BCUT2D eigenvalue weighted by atomic mass is 32.2. The number of piperidine rings is 1. The molecule has 0 aromatic carbocycles. The van der Waals surface area contributed by atoms with E-state index in [-0.39, 0.29) is 0 Å². The fourth-order valence-corrected chi connectivity index (χ4v) is 5.18. The second-order valence-electron chi connectivity index (χ2n) is 8.55. The lowest BCUT2D eigenvalue weighted by Crippen LogP contribution is -2.46. The van der Waals surface area contributed by atoms with Gasteiger partial charge in [-0.25, -0.2) is 4.98 Å². The van der Waals surface area contributed by atoms with Crippen LogP contribution in [0.2, 0.25) is 0 Å². The number of nitrogens with zero attached hydrogens (tertiary/aromatic N) is 3. The third kappa shape index (κ3) is 6.92. The molecule has 2 aliphatic rings. The predicted molar refractivity (Wildman–Crippen MR) is 123 cm³/mol. The van der Waals surface area contributed by atoms with Crippen LogP contribution in [0.3, 0.4) is 0 Å². The molecule has 1 aliphatic heterocycles. The first-order chi connectivity index (χ1) is 14.1. The summed E-state index contributed by atoms with van der Waals surface area (Å²) in [4.78, 5) is 11.9. The van der Waals surface area contributed by atoms with Crippen molar-refractivity contribution in [3.63, 3.8) is 0 Å². The van der Waals surface area contributed by atoms with Gasteiger partial charge in [-0.15, -0.1) is 0 Å². The molecule has 0 amide bonds. The molecule has 2 atom stereocenters. The number of oxazole rings is 1. The van der Waals surface area contributed by atoms with E-state index in [0.717, 1.165) is 61.3 Å².